The maximum atomic E-state index is 10.9. The number of thioether (sulfide) groups is 2. The quantitative estimate of drug-likeness (QED) is 0.460. The van der Waals surface area contributed by atoms with Crippen molar-refractivity contribution in [3.05, 3.63) is 0 Å². The largest absolute Gasteiger partial charge is 0.319 e. The SMILES string of the molecule is CSC[C@H](N)C(=O)NC(C)=O.CSC[C@H](N)C(=O)NC(C)=O. The van der Waals surface area contributed by atoms with Crippen LogP contribution in [-0.2, 0) is 19.2 Å². The summed E-state index contributed by atoms with van der Waals surface area (Å²) in [5.74, 6) is -0.505. The van der Waals surface area contributed by atoms with Gasteiger partial charge in [-0.15, -0.1) is 0 Å². The summed E-state index contributed by atoms with van der Waals surface area (Å²) in [6.45, 7) is 2.56. The maximum absolute atomic E-state index is 10.9. The molecule has 6 N–H and O–H groups in total. The smallest absolute Gasteiger partial charge is 0.244 e. The number of hydrogen-bond donors (Lipinski definition) is 4. The van der Waals surface area contributed by atoms with Gasteiger partial charge < -0.3 is 11.5 Å². The first-order chi connectivity index (χ1) is 10.1. The van der Waals surface area contributed by atoms with Crippen LogP contribution >= 0.6 is 23.5 Å². The lowest BCUT2D eigenvalue weighted by atomic mass is 10.3. The molecule has 0 aliphatic heterocycles. The van der Waals surface area contributed by atoms with Gasteiger partial charge in [0.25, 0.3) is 0 Å². The zero-order valence-electron chi connectivity index (χ0n) is 13.2. The van der Waals surface area contributed by atoms with Gasteiger partial charge in [-0.25, -0.2) is 0 Å². The molecule has 0 aromatic rings. The number of nitrogens with two attached hydrogens (primary N) is 2. The number of nitrogens with one attached hydrogen (secondary N) is 2. The highest BCUT2D eigenvalue weighted by molar-refractivity contribution is 7.98. The van der Waals surface area contributed by atoms with Crippen LogP contribution in [0.25, 0.3) is 0 Å². The van der Waals surface area contributed by atoms with Gasteiger partial charge in [0.2, 0.25) is 23.6 Å². The molecule has 0 radical (unpaired) electrons. The lowest BCUT2D eigenvalue weighted by Crippen LogP contribution is -2.44. The van der Waals surface area contributed by atoms with Crippen molar-refractivity contribution >= 4 is 47.2 Å². The summed E-state index contributed by atoms with van der Waals surface area (Å²) in [4.78, 5) is 42.5. The third-order valence-corrected chi connectivity index (χ3v) is 3.35. The van der Waals surface area contributed by atoms with Gasteiger partial charge in [-0.2, -0.15) is 23.5 Å². The lowest BCUT2D eigenvalue weighted by molar-refractivity contribution is -0.131. The molecular formula is C12H24N4O4S2. The second-order valence-corrected chi connectivity index (χ2v) is 6.04. The third kappa shape index (κ3) is 13.9. The van der Waals surface area contributed by atoms with Crippen molar-refractivity contribution in [3.8, 4) is 0 Å². The van der Waals surface area contributed by atoms with Crippen LogP contribution < -0.4 is 22.1 Å². The predicted molar refractivity (Wildman–Crippen MR) is 90.4 cm³/mol. The number of carbonyl (C=O) groups excluding carboxylic acids is 4. The molecule has 128 valence electrons. The minimum Gasteiger partial charge on any atom is -0.319 e. The third-order valence-electron chi connectivity index (χ3n) is 1.96. The Balaban J connectivity index is 0. The number of amides is 4. The highest BCUT2D eigenvalue weighted by Gasteiger charge is 2.13. The van der Waals surface area contributed by atoms with Crippen molar-refractivity contribution in [2.24, 2.45) is 11.5 Å². The molecule has 22 heavy (non-hydrogen) atoms. The molecule has 0 saturated carbocycles. The molecular weight excluding hydrogens is 328 g/mol. The molecule has 8 nitrogen and oxygen atoms in total. The molecule has 0 bridgehead atoms. The van der Waals surface area contributed by atoms with Gasteiger partial charge in [0, 0.05) is 25.4 Å². The fourth-order valence-corrected chi connectivity index (χ4v) is 2.06. The maximum Gasteiger partial charge on any atom is 0.244 e. The number of hydrogen-bond acceptors (Lipinski definition) is 8. The molecule has 0 aromatic carbocycles. The zero-order valence-corrected chi connectivity index (χ0v) is 14.8. The van der Waals surface area contributed by atoms with Gasteiger partial charge >= 0.3 is 0 Å². The van der Waals surface area contributed by atoms with Gasteiger partial charge in [0.1, 0.15) is 0 Å². The highest BCUT2D eigenvalue weighted by Crippen LogP contribution is 1.94. The Kier molecular flexibility index (Phi) is 14.3. The Hall–Kier alpha value is -1.10. The van der Waals surface area contributed by atoms with Crippen molar-refractivity contribution < 1.29 is 19.2 Å². The van der Waals surface area contributed by atoms with Gasteiger partial charge in [-0.1, -0.05) is 0 Å². The van der Waals surface area contributed by atoms with Crippen LogP contribution in [0.15, 0.2) is 0 Å². The van der Waals surface area contributed by atoms with Gasteiger partial charge in [0.05, 0.1) is 12.1 Å². The Morgan fingerprint density at radius 1 is 0.818 bits per heavy atom. The normalized spacial score (nSPS) is 12.3. The van der Waals surface area contributed by atoms with E-state index in [2.05, 4.69) is 10.6 Å². The van der Waals surface area contributed by atoms with Crippen LogP contribution in [0.3, 0.4) is 0 Å². The molecule has 0 spiro atoms. The van der Waals surface area contributed by atoms with Crippen molar-refractivity contribution in [2.45, 2.75) is 25.9 Å². The first kappa shape index (κ1) is 23.2. The van der Waals surface area contributed by atoms with E-state index < -0.39 is 23.9 Å². The molecule has 0 heterocycles. The first-order valence-corrected chi connectivity index (χ1v) is 9.06. The summed E-state index contributed by atoms with van der Waals surface area (Å²) in [6, 6.07) is -1.18. The van der Waals surface area contributed by atoms with Crippen molar-refractivity contribution in [1.82, 2.24) is 10.6 Å². The fourth-order valence-electron chi connectivity index (χ4n) is 1.04. The molecule has 0 aromatic heterocycles. The molecule has 2 atom stereocenters. The summed E-state index contributed by atoms with van der Waals surface area (Å²) >= 11 is 2.94. The van der Waals surface area contributed by atoms with E-state index in [1.807, 2.05) is 12.5 Å². The van der Waals surface area contributed by atoms with E-state index in [9.17, 15) is 19.2 Å². The second kappa shape index (κ2) is 13.6. The summed E-state index contributed by atoms with van der Waals surface area (Å²) < 4.78 is 0. The molecule has 0 unspecified atom stereocenters. The monoisotopic (exact) mass is 352 g/mol. The van der Waals surface area contributed by atoms with E-state index in [0.29, 0.717) is 11.5 Å². The molecule has 10 heteroatoms. The van der Waals surface area contributed by atoms with Crippen LogP contribution in [0, 0.1) is 0 Å². The van der Waals surface area contributed by atoms with Gasteiger partial charge in [-0.05, 0) is 12.5 Å². The highest BCUT2D eigenvalue weighted by atomic mass is 32.2. The van der Waals surface area contributed by atoms with Crippen LogP contribution in [0.5, 0.6) is 0 Å². The zero-order chi connectivity index (χ0) is 17.7. The minimum absolute atomic E-state index is 0.369. The van der Waals surface area contributed by atoms with Crippen molar-refractivity contribution in [3.63, 3.8) is 0 Å². The summed E-state index contributed by atoms with van der Waals surface area (Å²) in [6.07, 6.45) is 3.70. The molecule has 0 aliphatic rings. The number of rotatable bonds is 6. The Morgan fingerprint density at radius 3 is 1.27 bits per heavy atom. The van der Waals surface area contributed by atoms with Gasteiger partial charge in [0.15, 0.2) is 0 Å². The van der Waals surface area contributed by atoms with Crippen LogP contribution in [0.1, 0.15) is 13.8 Å². The Morgan fingerprint density at radius 2 is 1.09 bits per heavy atom. The second-order valence-electron chi connectivity index (χ2n) is 4.21. The summed E-state index contributed by atoms with van der Waals surface area (Å²) in [5.41, 5.74) is 10.8. The van der Waals surface area contributed by atoms with E-state index >= 15 is 0 Å². The standard InChI is InChI=1S/2C6H12N2O2S/c2*1-4(9)8-6(10)5(7)3-11-2/h2*5H,3,7H2,1-2H3,(H,8,9,10)/t2*5-/m00/s1. The van der Waals surface area contributed by atoms with Crippen molar-refractivity contribution in [2.75, 3.05) is 24.0 Å². The molecule has 0 aliphatic carbocycles. The molecule has 4 amide bonds. The average Bonchev–Trinajstić information content (AvgIpc) is 2.38. The van der Waals surface area contributed by atoms with E-state index in [1.54, 1.807) is 0 Å². The van der Waals surface area contributed by atoms with E-state index in [0.717, 1.165) is 0 Å². The Labute approximate surface area is 138 Å². The fraction of sp³-hybridized carbons (Fsp3) is 0.667. The van der Waals surface area contributed by atoms with E-state index in [-0.39, 0.29) is 11.8 Å². The topological polar surface area (TPSA) is 144 Å². The molecule has 0 saturated heterocycles. The van der Waals surface area contributed by atoms with Gasteiger partial charge in [-0.3, -0.25) is 29.8 Å². The lowest BCUT2D eigenvalue weighted by Gasteiger charge is -2.07. The Bertz CT molecular complexity index is 357. The summed E-state index contributed by atoms with van der Waals surface area (Å²) in [5, 5.41) is 4.22. The number of imide groups is 2. The van der Waals surface area contributed by atoms with Crippen LogP contribution in [0.2, 0.25) is 0 Å². The summed E-state index contributed by atoms with van der Waals surface area (Å²) in [7, 11) is 0. The number of carbonyl (C=O) groups is 4. The molecule has 0 rings (SSSR count). The van der Waals surface area contributed by atoms with Crippen LogP contribution in [-0.4, -0.2) is 59.7 Å². The van der Waals surface area contributed by atoms with E-state index in [4.69, 9.17) is 11.5 Å². The molecule has 0 fully saturated rings. The van der Waals surface area contributed by atoms with E-state index in [1.165, 1.54) is 37.4 Å². The average molecular weight is 352 g/mol. The predicted octanol–water partition coefficient (Wildman–Crippen LogP) is -1.32. The van der Waals surface area contributed by atoms with Crippen molar-refractivity contribution in [1.29, 1.82) is 0 Å². The minimum atomic E-state index is -0.589. The van der Waals surface area contributed by atoms with Crippen LogP contribution in [0.4, 0.5) is 0 Å². The first-order valence-electron chi connectivity index (χ1n) is 6.27.